The van der Waals surface area contributed by atoms with E-state index in [1.807, 2.05) is 6.07 Å². The van der Waals surface area contributed by atoms with Crippen LogP contribution in [-0.2, 0) is 0 Å². The van der Waals surface area contributed by atoms with Crippen molar-refractivity contribution in [3.63, 3.8) is 0 Å². The Balaban J connectivity index is 1.98. The molecule has 94 valence electrons. The van der Waals surface area contributed by atoms with Crippen molar-refractivity contribution in [1.82, 2.24) is 10.3 Å². The van der Waals surface area contributed by atoms with Crippen LogP contribution in [0.25, 0.3) is 0 Å². The van der Waals surface area contributed by atoms with E-state index in [-0.39, 0.29) is 5.91 Å². The van der Waals surface area contributed by atoms with Gasteiger partial charge >= 0.3 is 0 Å². The van der Waals surface area contributed by atoms with E-state index in [0.717, 1.165) is 10.9 Å². The number of hydrogen-bond donors (Lipinski definition) is 2. The molecule has 0 bridgehead atoms. The Morgan fingerprint density at radius 1 is 1.47 bits per heavy atom. The molecule has 1 aliphatic carbocycles. The third-order valence-electron chi connectivity index (χ3n) is 3.92. The van der Waals surface area contributed by atoms with Crippen LogP contribution in [0, 0.1) is 11.8 Å². The van der Waals surface area contributed by atoms with E-state index in [1.54, 1.807) is 6.20 Å². The van der Waals surface area contributed by atoms with E-state index in [4.69, 9.17) is 0 Å². The van der Waals surface area contributed by atoms with Gasteiger partial charge in [-0.1, -0.05) is 26.7 Å². The number of aromatic nitrogens is 1. The number of carbonyl (C=O) groups excluding carboxylic acids is 1. The van der Waals surface area contributed by atoms with Gasteiger partial charge in [-0.3, -0.25) is 4.79 Å². The maximum atomic E-state index is 12.0. The molecular weight excluding hydrogens is 280 g/mol. The van der Waals surface area contributed by atoms with Crippen LogP contribution in [-0.4, -0.2) is 16.9 Å². The number of rotatable bonds is 2. The number of carbonyl (C=O) groups is 1. The van der Waals surface area contributed by atoms with Crippen molar-refractivity contribution < 1.29 is 4.79 Å². The lowest BCUT2D eigenvalue weighted by Crippen LogP contribution is -2.43. The molecule has 0 saturated heterocycles. The van der Waals surface area contributed by atoms with Gasteiger partial charge in [-0.15, -0.1) is 0 Å². The largest absolute Gasteiger partial charge is 0.356 e. The Morgan fingerprint density at radius 2 is 2.24 bits per heavy atom. The molecule has 1 amide bonds. The first-order valence-electron chi connectivity index (χ1n) is 6.22. The summed E-state index contributed by atoms with van der Waals surface area (Å²) in [7, 11) is 0. The van der Waals surface area contributed by atoms with Crippen LogP contribution in [0.1, 0.15) is 43.6 Å². The average molecular weight is 299 g/mol. The van der Waals surface area contributed by atoms with Crippen molar-refractivity contribution >= 4 is 21.8 Å². The predicted octanol–water partition coefficient (Wildman–Crippen LogP) is 3.33. The summed E-state index contributed by atoms with van der Waals surface area (Å²) in [5.41, 5.74) is 0.627. The van der Waals surface area contributed by atoms with Crippen LogP contribution in [0.15, 0.2) is 16.7 Å². The third-order valence-corrected chi connectivity index (χ3v) is 4.37. The van der Waals surface area contributed by atoms with E-state index >= 15 is 0 Å². The van der Waals surface area contributed by atoms with Crippen molar-refractivity contribution in [2.45, 2.75) is 39.2 Å². The second kappa shape index (κ2) is 5.25. The number of hydrogen-bond acceptors (Lipinski definition) is 1. The van der Waals surface area contributed by atoms with Crippen LogP contribution < -0.4 is 5.32 Å². The lowest BCUT2D eigenvalue weighted by Gasteiger charge is -2.34. The zero-order chi connectivity index (χ0) is 12.4. The van der Waals surface area contributed by atoms with Gasteiger partial charge in [-0.2, -0.15) is 0 Å². The minimum Gasteiger partial charge on any atom is -0.356 e. The van der Waals surface area contributed by atoms with Gasteiger partial charge in [0.25, 0.3) is 5.91 Å². The summed E-state index contributed by atoms with van der Waals surface area (Å²) in [5, 5.41) is 3.14. The standard InChI is InChI=1S/C13H19BrN2O/c1-8-4-3-5-11(9(8)2)16-13(17)12-6-10(14)7-15-12/h6-9,11,15H,3-5H2,1-2H3,(H,16,17). The molecule has 3 nitrogen and oxygen atoms in total. The maximum Gasteiger partial charge on any atom is 0.267 e. The molecule has 2 rings (SSSR count). The summed E-state index contributed by atoms with van der Waals surface area (Å²) in [6.07, 6.45) is 5.37. The van der Waals surface area contributed by atoms with E-state index in [2.05, 4.69) is 40.1 Å². The molecule has 0 aromatic carbocycles. The quantitative estimate of drug-likeness (QED) is 0.864. The number of nitrogens with one attached hydrogen (secondary N) is 2. The van der Waals surface area contributed by atoms with Crippen molar-refractivity contribution in [3.05, 3.63) is 22.4 Å². The van der Waals surface area contributed by atoms with Crippen LogP contribution in [0.5, 0.6) is 0 Å². The smallest absolute Gasteiger partial charge is 0.267 e. The molecule has 1 saturated carbocycles. The third kappa shape index (κ3) is 2.92. The molecule has 3 unspecified atom stereocenters. The zero-order valence-corrected chi connectivity index (χ0v) is 11.9. The van der Waals surface area contributed by atoms with Crippen molar-refractivity contribution in [2.24, 2.45) is 11.8 Å². The Kier molecular flexibility index (Phi) is 3.92. The topological polar surface area (TPSA) is 44.9 Å². The highest BCUT2D eigenvalue weighted by Crippen LogP contribution is 2.29. The summed E-state index contributed by atoms with van der Waals surface area (Å²) in [6, 6.07) is 2.13. The molecule has 0 aliphatic heterocycles. The van der Waals surface area contributed by atoms with Gasteiger partial charge < -0.3 is 10.3 Å². The van der Waals surface area contributed by atoms with Gasteiger partial charge in [0, 0.05) is 16.7 Å². The normalized spacial score (nSPS) is 29.0. The molecule has 0 spiro atoms. The predicted molar refractivity (Wildman–Crippen MR) is 71.9 cm³/mol. The van der Waals surface area contributed by atoms with Gasteiger partial charge in [-0.05, 0) is 40.3 Å². The molecule has 1 aromatic heterocycles. The molecule has 0 radical (unpaired) electrons. The Hall–Kier alpha value is -0.770. The summed E-state index contributed by atoms with van der Waals surface area (Å²) in [4.78, 5) is 15.0. The van der Waals surface area contributed by atoms with Crippen LogP contribution in [0.4, 0.5) is 0 Å². The molecule has 1 heterocycles. The molecule has 4 heteroatoms. The summed E-state index contributed by atoms with van der Waals surface area (Å²) in [6.45, 7) is 4.51. The molecule has 3 atom stereocenters. The van der Waals surface area contributed by atoms with Crippen molar-refractivity contribution in [2.75, 3.05) is 0 Å². The molecule has 1 aliphatic rings. The molecule has 1 fully saturated rings. The second-order valence-electron chi connectivity index (χ2n) is 5.08. The van der Waals surface area contributed by atoms with Gasteiger partial charge in [0.1, 0.15) is 5.69 Å². The van der Waals surface area contributed by atoms with E-state index in [9.17, 15) is 4.79 Å². The minimum absolute atomic E-state index is 0.00153. The minimum atomic E-state index is 0.00153. The van der Waals surface area contributed by atoms with Crippen molar-refractivity contribution in [3.8, 4) is 0 Å². The fraction of sp³-hybridized carbons (Fsp3) is 0.615. The first kappa shape index (κ1) is 12.7. The fourth-order valence-electron chi connectivity index (χ4n) is 2.53. The molecule has 1 aromatic rings. The monoisotopic (exact) mass is 298 g/mol. The Labute approximate surface area is 110 Å². The summed E-state index contributed by atoms with van der Waals surface area (Å²) in [5.74, 6) is 1.26. The number of aromatic amines is 1. The summed E-state index contributed by atoms with van der Waals surface area (Å²) >= 11 is 3.34. The second-order valence-corrected chi connectivity index (χ2v) is 5.99. The Morgan fingerprint density at radius 3 is 2.88 bits per heavy atom. The number of amides is 1. The van der Waals surface area contributed by atoms with Gasteiger partial charge in [0.05, 0.1) is 0 Å². The summed E-state index contributed by atoms with van der Waals surface area (Å²) < 4.78 is 0.910. The lowest BCUT2D eigenvalue weighted by atomic mass is 9.78. The zero-order valence-electron chi connectivity index (χ0n) is 10.3. The average Bonchev–Trinajstić information content (AvgIpc) is 2.72. The molecular formula is C13H19BrN2O. The first-order chi connectivity index (χ1) is 8.08. The Bertz CT molecular complexity index is 402. The maximum absolute atomic E-state index is 12.0. The highest BCUT2D eigenvalue weighted by molar-refractivity contribution is 9.10. The van der Waals surface area contributed by atoms with Crippen LogP contribution in [0.2, 0.25) is 0 Å². The van der Waals surface area contributed by atoms with E-state index in [1.165, 1.54) is 12.8 Å². The van der Waals surface area contributed by atoms with Crippen LogP contribution in [0.3, 0.4) is 0 Å². The highest BCUT2D eigenvalue weighted by Gasteiger charge is 2.28. The van der Waals surface area contributed by atoms with Gasteiger partial charge in [-0.25, -0.2) is 0 Å². The highest BCUT2D eigenvalue weighted by atomic mass is 79.9. The number of H-pyrrole nitrogens is 1. The fourth-order valence-corrected chi connectivity index (χ4v) is 2.87. The lowest BCUT2D eigenvalue weighted by molar-refractivity contribution is 0.0886. The van der Waals surface area contributed by atoms with Gasteiger partial charge in [0.2, 0.25) is 0 Å². The molecule has 2 N–H and O–H groups in total. The number of halogens is 1. The molecule has 17 heavy (non-hydrogen) atoms. The van der Waals surface area contributed by atoms with E-state index < -0.39 is 0 Å². The van der Waals surface area contributed by atoms with Gasteiger partial charge in [0.15, 0.2) is 0 Å². The first-order valence-corrected chi connectivity index (χ1v) is 7.02. The van der Waals surface area contributed by atoms with Crippen LogP contribution >= 0.6 is 15.9 Å². The van der Waals surface area contributed by atoms with Crippen molar-refractivity contribution in [1.29, 1.82) is 0 Å². The SMILES string of the molecule is CC1CCCC(NC(=O)c2cc(Br)c[nH]2)C1C. The van der Waals surface area contributed by atoms with E-state index in [0.29, 0.717) is 23.6 Å².